The maximum Gasteiger partial charge on any atom is 0.337 e. The molecule has 1 amide bonds. The molecule has 0 aliphatic carbocycles. The Morgan fingerprint density at radius 1 is 0.976 bits per heavy atom. The highest BCUT2D eigenvalue weighted by Gasteiger charge is 2.12. The molecular formula is C31H26ClN5O3S. The van der Waals surface area contributed by atoms with E-state index in [0.29, 0.717) is 16.1 Å². The normalized spacial score (nSPS) is 11.0. The van der Waals surface area contributed by atoms with Crippen molar-refractivity contribution in [1.82, 2.24) is 15.0 Å². The van der Waals surface area contributed by atoms with Gasteiger partial charge in [0.1, 0.15) is 0 Å². The van der Waals surface area contributed by atoms with Crippen molar-refractivity contribution >= 4 is 51.8 Å². The number of aryl methyl sites for hydroxylation is 1. The summed E-state index contributed by atoms with van der Waals surface area (Å²) in [6.45, 7) is 3.95. The zero-order chi connectivity index (χ0) is 28.9. The molecule has 0 aliphatic heterocycles. The first kappa shape index (κ1) is 27.8. The first-order valence-corrected chi connectivity index (χ1v) is 13.9. The van der Waals surface area contributed by atoms with Gasteiger partial charge >= 0.3 is 5.97 Å². The van der Waals surface area contributed by atoms with Gasteiger partial charge in [0.15, 0.2) is 5.13 Å². The van der Waals surface area contributed by atoms with E-state index in [9.17, 15) is 9.59 Å². The number of anilines is 2. The van der Waals surface area contributed by atoms with Crippen molar-refractivity contribution in [3.05, 3.63) is 117 Å². The second-order valence-electron chi connectivity index (χ2n) is 9.15. The van der Waals surface area contributed by atoms with Gasteiger partial charge in [-0.2, -0.15) is 5.10 Å². The van der Waals surface area contributed by atoms with Gasteiger partial charge in [-0.3, -0.25) is 4.79 Å². The van der Waals surface area contributed by atoms with E-state index >= 15 is 0 Å². The number of methoxy groups -OCH3 is 1. The van der Waals surface area contributed by atoms with Crippen LogP contribution in [0.1, 0.15) is 37.7 Å². The number of aromatic nitrogens is 2. The molecule has 2 N–H and O–H groups in total. The number of amides is 1. The minimum Gasteiger partial charge on any atom is -0.465 e. The fourth-order valence-corrected chi connectivity index (χ4v) is 5.18. The summed E-state index contributed by atoms with van der Waals surface area (Å²) in [7, 11) is 1.36. The van der Waals surface area contributed by atoms with E-state index in [-0.39, 0.29) is 11.9 Å². The first-order valence-electron chi connectivity index (χ1n) is 12.6. The lowest BCUT2D eigenvalue weighted by Gasteiger charge is -2.10. The summed E-state index contributed by atoms with van der Waals surface area (Å²) in [6, 6.07) is 23.8. The van der Waals surface area contributed by atoms with Crippen LogP contribution in [0.15, 0.2) is 89.3 Å². The van der Waals surface area contributed by atoms with Crippen molar-refractivity contribution in [2.75, 3.05) is 12.4 Å². The van der Waals surface area contributed by atoms with Crippen molar-refractivity contribution in [3.8, 4) is 16.9 Å². The summed E-state index contributed by atoms with van der Waals surface area (Å²) in [4.78, 5) is 29.1. The molecule has 10 heteroatoms. The summed E-state index contributed by atoms with van der Waals surface area (Å²) in [5.41, 5.74) is 9.89. The van der Waals surface area contributed by atoms with Crippen LogP contribution >= 0.6 is 22.9 Å². The molecule has 2 heterocycles. The monoisotopic (exact) mass is 583 g/mol. The molecule has 0 fully saturated rings. The molecule has 5 rings (SSSR count). The number of nitrogens with zero attached hydrogens (tertiary/aromatic N) is 3. The smallest absolute Gasteiger partial charge is 0.337 e. The summed E-state index contributed by atoms with van der Waals surface area (Å²) in [5.74, 6) is -0.695. The third kappa shape index (κ3) is 6.37. The number of benzene rings is 3. The summed E-state index contributed by atoms with van der Waals surface area (Å²) in [5, 5.41) is 10.8. The number of carbonyl (C=O) groups excluding carboxylic acids is 2. The van der Waals surface area contributed by atoms with Crippen LogP contribution in [0.2, 0.25) is 5.02 Å². The number of hydrazone groups is 1. The number of rotatable bonds is 8. The van der Waals surface area contributed by atoms with Gasteiger partial charge in [0.25, 0.3) is 5.91 Å². The van der Waals surface area contributed by atoms with Crippen LogP contribution in [-0.2, 0) is 4.74 Å². The lowest BCUT2D eigenvalue weighted by Crippen LogP contribution is -2.17. The Balaban J connectivity index is 1.21. The van der Waals surface area contributed by atoms with Crippen molar-refractivity contribution in [1.29, 1.82) is 0 Å². The highest BCUT2D eigenvalue weighted by molar-refractivity contribution is 7.14. The second-order valence-corrected chi connectivity index (χ2v) is 10.4. The van der Waals surface area contributed by atoms with Crippen LogP contribution in [0, 0.1) is 13.8 Å². The molecular weight excluding hydrogens is 558 g/mol. The number of thiazole rings is 1. The number of carbonyl (C=O) groups is 2. The third-order valence-corrected chi connectivity index (χ3v) is 7.44. The van der Waals surface area contributed by atoms with E-state index < -0.39 is 0 Å². The molecule has 0 saturated heterocycles. The predicted octanol–water partition coefficient (Wildman–Crippen LogP) is 7.17. The van der Waals surface area contributed by atoms with E-state index in [1.807, 2.05) is 73.8 Å². The van der Waals surface area contributed by atoms with Crippen LogP contribution in [0.4, 0.5) is 10.8 Å². The number of hydrogen-bond donors (Lipinski definition) is 2. The van der Waals surface area contributed by atoms with Crippen LogP contribution in [0.5, 0.6) is 0 Å². The third-order valence-electron chi connectivity index (χ3n) is 6.43. The molecule has 0 bridgehead atoms. The molecule has 0 aliphatic rings. The van der Waals surface area contributed by atoms with Crippen molar-refractivity contribution in [3.63, 3.8) is 0 Å². The predicted molar refractivity (Wildman–Crippen MR) is 164 cm³/mol. The van der Waals surface area contributed by atoms with Gasteiger partial charge in [-0.1, -0.05) is 23.7 Å². The van der Waals surface area contributed by atoms with Gasteiger partial charge in [-0.15, -0.1) is 11.3 Å². The molecule has 3 aromatic carbocycles. The highest BCUT2D eigenvalue weighted by Crippen LogP contribution is 2.28. The molecule has 0 saturated carbocycles. The molecule has 5 aromatic rings. The Hall–Kier alpha value is -4.73. The van der Waals surface area contributed by atoms with Gasteiger partial charge in [0.2, 0.25) is 0 Å². The fourth-order valence-electron chi connectivity index (χ4n) is 4.32. The van der Waals surface area contributed by atoms with E-state index in [4.69, 9.17) is 16.3 Å². The number of nitrogens with one attached hydrogen (secondary N) is 2. The van der Waals surface area contributed by atoms with Crippen molar-refractivity contribution in [2.45, 2.75) is 13.8 Å². The maximum absolute atomic E-state index is 12.7. The lowest BCUT2D eigenvalue weighted by atomic mass is 10.1. The zero-order valence-corrected chi connectivity index (χ0v) is 24.1. The van der Waals surface area contributed by atoms with Gasteiger partial charge in [0.05, 0.1) is 24.6 Å². The van der Waals surface area contributed by atoms with Crippen molar-refractivity contribution in [2.24, 2.45) is 5.10 Å². The standard InChI is InChI=1S/C31H26ClN5O3S/c1-19-16-24(20(2)37(19)27-14-8-23(9-15-27)30(39)40-3)17-33-36-29(38)22-6-4-21(5-7-22)28-18-41-31(35-28)34-26-12-10-25(32)11-13-26/h4-18H,1-3H3,(H,34,35)(H,36,38)/b33-17-. The van der Waals surface area contributed by atoms with Gasteiger partial charge in [-0.05, 0) is 80.6 Å². The molecule has 0 atom stereocenters. The summed E-state index contributed by atoms with van der Waals surface area (Å²) in [6.07, 6.45) is 1.62. The summed E-state index contributed by atoms with van der Waals surface area (Å²) >= 11 is 7.44. The molecule has 8 nitrogen and oxygen atoms in total. The van der Waals surface area contributed by atoms with Gasteiger partial charge < -0.3 is 14.6 Å². The quantitative estimate of drug-likeness (QED) is 0.115. The Labute approximate surface area is 246 Å². The topological polar surface area (TPSA) is 97.6 Å². The van der Waals surface area contributed by atoms with E-state index in [0.717, 1.165) is 44.7 Å². The average Bonchev–Trinajstić information content (AvgIpc) is 3.57. The molecule has 0 unspecified atom stereocenters. The second kappa shape index (κ2) is 12.2. The summed E-state index contributed by atoms with van der Waals surface area (Å²) < 4.78 is 6.82. The Bertz CT molecular complexity index is 1720. The molecule has 41 heavy (non-hydrogen) atoms. The SMILES string of the molecule is COC(=O)c1ccc(-n2c(C)cc(/C=N\NC(=O)c3ccc(-c4csc(Nc5ccc(Cl)cc5)n4)cc3)c2C)cc1. The van der Waals surface area contributed by atoms with E-state index in [2.05, 4.69) is 25.4 Å². The average molecular weight is 584 g/mol. The fraction of sp³-hybridized carbons (Fsp3) is 0.0968. The zero-order valence-electron chi connectivity index (χ0n) is 22.5. The maximum atomic E-state index is 12.7. The van der Waals surface area contributed by atoms with Crippen LogP contribution in [0.25, 0.3) is 16.9 Å². The van der Waals surface area contributed by atoms with Gasteiger partial charge in [0, 0.05) is 49.9 Å². The number of ether oxygens (including phenoxy) is 1. The largest absolute Gasteiger partial charge is 0.465 e. The Morgan fingerprint density at radius 2 is 1.66 bits per heavy atom. The van der Waals surface area contributed by atoms with Crippen LogP contribution < -0.4 is 10.7 Å². The highest BCUT2D eigenvalue weighted by atomic mass is 35.5. The molecule has 0 radical (unpaired) electrons. The lowest BCUT2D eigenvalue weighted by molar-refractivity contribution is 0.0600. The Morgan fingerprint density at radius 3 is 2.34 bits per heavy atom. The minimum absolute atomic E-state index is 0.316. The molecule has 0 spiro atoms. The first-order chi connectivity index (χ1) is 19.8. The van der Waals surface area contributed by atoms with Gasteiger partial charge in [-0.25, -0.2) is 15.2 Å². The molecule has 206 valence electrons. The van der Waals surface area contributed by atoms with Crippen LogP contribution in [0.3, 0.4) is 0 Å². The van der Waals surface area contributed by atoms with Crippen LogP contribution in [-0.4, -0.2) is 34.8 Å². The number of halogens is 1. The Kier molecular flexibility index (Phi) is 8.28. The minimum atomic E-state index is -0.379. The van der Waals surface area contributed by atoms with E-state index in [1.165, 1.54) is 18.4 Å². The van der Waals surface area contributed by atoms with E-state index in [1.54, 1.807) is 30.5 Å². The number of hydrogen-bond acceptors (Lipinski definition) is 7. The molecule has 2 aromatic heterocycles. The van der Waals surface area contributed by atoms with Crippen molar-refractivity contribution < 1.29 is 14.3 Å². The number of esters is 1.